The van der Waals surface area contributed by atoms with E-state index in [1.807, 2.05) is 13.8 Å². The zero-order valence-electron chi connectivity index (χ0n) is 15.7. The van der Waals surface area contributed by atoms with Gasteiger partial charge in [-0.25, -0.2) is 4.79 Å². The molecule has 1 unspecified atom stereocenters. The van der Waals surface area contributed by atoms with Crippen LogP contribution >= 0.6 is 0 Å². The second-order valence-corrected chi connectivity index (χ2v) is 6.61. The minimum absolute atomic E-state index is 0.139. The molecule has 0 radical (unpaired) electrons. The minimum atomic E-state index is -0.738. The van der Waals surface area contributed by atoms with E-state index in [0.717, 1.165) is 6.42 Å². The monoisotopic (exact) mass is 362 g/mol. The number of amides is 2. The first-order valence-corrected chi connectivity index (χ1v) is 8.72. The fraction of sp³-hybridized carbons (Fsp3) is 0.526. The SMILES string of the molecule is COC(=O)[C@@H]1CCCN1C(=O)C(NC(=O)c1ccccc1OC)C(C)C. The molecule has 2 atom stereocenters. The van der Waals surface area contributed by atoms with Crippen molar-refractivity contribution in [1.82, 2.24) is 10.2 Å². The predicted octanol–water partition coefficient (Wildman–Crippen LogP) is 1.61. The molecular weight excluding hydrogens is 336 g/mol. The van der Waals surface area contributed by atoms with Gasteiger partial charge in [0.05, 0.1) is 19.8 Å². The van der Waals surface area contributed by atoms with Crippen LogP contribution in [0.5, 0.6) is 5.75 Å². The molecule has 1 aromatic rings. The van der Waals surface area contributed by atoms with Crippen LogP contribution in [0.2, 0.25) is 0 Å². The lowest BCUT2D eigenvalue weighted by Crippen LogP contribution is -2.54. The summed E-state index contributed by atoms with van der Waals surface area (Å²) >= 11 is 0. The molecule has 1 heterocycles. The van der Waals surface area contributed by atoms with Gasteiger partial charge < -0.3 is 19.7 Å². The van der Waals surface area contributed by atoms with Crippen molar-refractivity contribution in [2.75, 3.05) is 20.8 Å². The Bertz CT molecular complexity index is 674. The maximum absolute atomic E-state index is 13.0. The molecule has 0 aromatic heterocycles. The lowest BCUT2D eigenvalue weighted by molar-refractivity contribution is -0.151. The van der Waals surface area contributed by atoms with E-state index in [4.69, 9.17) is 9.47 Å². The van der Waals surface area contributed by atoms with E-state index in [1.54, 1.807) is 24.3 Å². The third-order valence-corrected chi connectivity index (χ3v) is 4.58. The van der Waals surface area contributed by atoms with Crippen molar-refractivity contribution < 1.29 is 23.9 Å². The van der Waals surface area contributed by atoms with Gasteiger partial charge in [-0.2, -0.15) is 0 Å². The highest BCUT2D eigenvalue weighted by atomic mass is 16.5. The zero-order chi connectivity index (χ0) is 19.3. The molecule has 1 aliphatic rings. The van der Waals surface area contributed by atoms with E-state index in [1.165, 1.54) is 19.1 Å². The molecule has 26 heavy (non-hydrogen) atoms. The Hall–Kier alpha value is -2.57. The van der Waals surface area contributed by atoms with Crippen LogP contribution in [0.4, 0.5) is 0 Å². The van der Waals surface area contributed by atoms with Crippen LogP contribution in [-0.4, -0.2) is 55.5 Å². The molecule has 7 nitrogen and oxygen atoms in total. The number of likely N-dealkylation sites (tertiary alicyclic amines) is 1. The Morgan fingerprint density at radius 1 is 1.19 bits per heavy atom. The fourth-order valence-corrected chi connectivity index (χ4v) is 3.15. The van der Waals surface area contributed by atoms with E-state index >= 15 is 0 Å². The van der Waals surface area contributed by atoms with Gasteiger partial charge in [0.25, 0.3) is 5.91 Å². The topological polar surface area (TPSA) is 84.9 Å². The van der Waals surface area contributed by atoms with Crippen LogP contribution in [0.3, 0.4) is 0 Å². The van der Waals surface area contributed by atoms with Crippen LogP contribution in [0.15, 0.2) is 24.3 Å². The zero-order valence-corrected chi connectivity index (χ0v) is 15.7. The number of carbonyl (C=O) groups excluding carboxylic acids is 3. The Kier molecular flexibility index (Phi) is 6.60. The summed E-state index contributed by atoms with van der Waals surface area (Å²) < 4.78 is 10.0. The number of rotatable bonds is 6. The molecule has 2 rings (SSSR count). The molecule has 0 bridgehead atoms. The smallest absolute Gasteiger partial charge is 0.328 e. The summed E-state index contributed by atoms with van der Waals surface area (Å²) in [5, 5.41) is 2.80. The average molecular weight is 362 g/mol. The normalized spacial score (nSPS) is 17.7. The van der Waals surface area contributed by atoms with Gasteiger partial charge in [0.15, 0.2) is 0 Å². The summed E-state index contributed by atoms with van der Waals surface area (Å²) in [6.45, 7) is 4.19. The Balaban J connectivity index is 2.19. The highest BCUT2D eigenvalue weighted by molar-refractivity contribution is 6.00. The molecule has 1 N–H and O–H groups in total. The summed E-state index contributed by atoms with van der Waals surface area (Å²) in [5.41, 5.74) is 0.361. The molecule has 7 heteroatoms. The number of esters is 1. The average Bonchev–Trinajstić information content (AvgIpc) is 3.14. The van der Waals surface area contributed by atoms with Crippen LogP contribution < -0.4 is 10.1 Å². The van der Waals surface area contributed by atoms with Crippen molar-refractivity contribution in [1.29, 1.82) is 0 Å². The summed E-state index contributed by atoms with van der Waals surface area (Å²) in [5.74, 6) is -0.775. The van der Waals surface area contributed by atoms with E-state index < -0.39 is 18.1 Å². The maximum Gasteiger partial charge on any atom is 0.328 e. The molecule has 0 saturated carbocycles. The van der Waals surface area contributed by atoms with Crippen LogP contribution in [0.25, 0.3) is 0 Å². The molecule has 1 fully saturated rings. The van der Waals surface area contributed by atoms with Crippen molar-refractivity contribution in [3.8, 4) is 5.75 Å². The van der Waals surface area contributed by atoms with Crippen molar-refractivity contribution in [3.63, 3.8) is 0 Å². The number of methoxy groups -OCH3 is 2. The summed E-state index contributed by atoms with van der Waals surface area (Å²) in [4.78, 5) is 39.1. The molecule has 0 aliphatic carbocycles. The number of hydrogen-bond acceptors (Lipinski definition) is 5. The van der Waals surface area contributed by atoms with Gasteiger partial charge in [0.1, 0.15) is 17.8 Å². The van der Waals surface area contributed by atoms with Crippen molar-refractivity contribution >= 4 is 17.8 Å². The number of nitrogens with zero attached hydrogens (tertiary/aromatic N) is 1. The highest BCUT2D eigenvalue weighted by Crippen LogP contribution is 2.22. The second kappa shape index (κ2) is 8.69. The Morgan fingerprint density at radius 2 is 1.88 bits per heavy atom. The molecule has 142 valence electrons. The van der Waals surface area contributed by atoms with Crippen molar-refractivity contribution in [2.45, 2.75) is 38.8 Å². The van der Waals surface area contributed by atoms with Gasteiger partial charge in [0.2, 0.25) is 5.91 Å². The van der Waals surface area contributed by atoms with E-state index in [0.29, 0.717) is 24.3 Å². The van der Waals surface area contributed by atoms with Crippen LogP contribution in [0, 0.1) is 5.92 Å². The van der Waals surface area contributed by atoms with Crippen molar-refractivity contribution in [3.05, 3.63) is 29.8 Å². The minimum Gasteiger partial charge on any atom is -0.496 e. The second-order valence-electron chi connectivity index (χ2n) is 6.61. The number of nitrogens with one attached hydrogen (secondary N) is 1. The first-order valence-electron chi connectivity index (χ1n) is 8.72. The van der Waals surface area contributed by atoms with Crippen LogP contribution in [-0.2, 0) is 14.3 Å². The van der Waals surface area contributed by atoms with E-state index in [-0.39, 0.29) is 17.7 Å². The largest absolute Gasteiger partial charge is 0.496 e. The predicted molar refractivity (Wildman–Crippen MR) is 95.8 cm³/mol. The number of hydrogen-bond donors (Lipinski definition) is 1. The molecule has 1 aromatic carbocycles. The lowest BCUT2D eigenvalue weighted by atomic mass is 10.0. The third kappa shape index (κ3) is 4.15. The van der Waals surface area contributed by atoms with Crippen LogP contribution in [0.1, 0.15) is 37.0 Å². The summed E-state index contributed by atoms with van der Waals surface area (Å²) in [6, 6.07) is 5.51. The number of para-hydroxylation sites is 1. The van der Waals surface area contributed by atoms with Crippen molar-refractivity contribution in [2.24, 2.45) is 5.92 Å². The Labute approximate surface area is 153 Å². The lowest BCUT2D eigenvalue weighted by Gasteiger charge is -2.30. The van der Waals surface area contributed by atoms with Gasteiger partial charge in [-0.05, 0) is 30.9 Å². The standard InChI is InChI=1S/C19H26N2O5/c1-12(2)16(18(23)21-11-7-9-14(21)19(24)26-4)20-17(22)13-8-5-6-10-15(13)25-3/h5-6,8,10,12,14,16H,7,9,11H2,1-4H3,(H,20,22)/t14-,16?/m0/s1. The summed E-state index contributed by atoms with van der Waals surface area (Å²) in [7, 11) is 2.80. The van der Waals surface area contributed by atoms with E-state index in [9.17, 15) is 14.4 Å². The van der Waals surface area contributed by atoms with Gasteiger partial charge in [-0.1, -0.05) is 26.0 Å². The quantitative estimate of drug-likeness (QED) is 0.777. The molecular formula is C19H26N2O5. The number of carbonyl (C=O) groups is 3. The third-order valence-electron chi connectivity index (χ3n) is 4.58. The van der Waals surface area contributed by atoms with E-state index in [2.05, 4.69) is 5.32 Å². The molecule has 1 saturated heterocycles. The Morgan fingerprint density at radius 3 is 2.50 bits per heavy atom. The molecule has 2 amide bonds. The number of ether oxygens (including phenoxy) is 2. The van der Waals surface area contributed by atoms with Gasteiger partial charge >= 0.3 is 5.97 Å². The van der Waals surface area contributed by atoms with Gasteiger partial charge in [-0.15, -0.1) is 0 Å². The number of benzene rings is 1. The molecule has 0 spiro atoms. The first-order chi connectivity index (χ1) is 12.4. The first kappa shape index (κ1) is 19.8. The fourth-order valence-electron chi connectivity index (χ4n) is 3.15. The van der Waals surface area contributed by atoms with Gasteiger partial charge in [0, 0.05) is 6.54 Å². The summed E-state index contributed by atoms with van der Waals surface area (Å²) in [6.07, 6.45) is 1.31. The highest BCUT2D eigenvalue weighted by Gasteiger charge is 2.39. The van der Waals surface area contributed by atoms with Gasteiger partial charge in [-0.3, -0.25) is 9.59 Å². The molecule has 1 aliphatic heterocycles. The maximum atomic E-state index is 13.0.